The van der Waals surface area contributed by atoms with Gasteiger partial charge in [-0.2, -0.15) is 0 Å². The van der Waals surface area contributed by atoms with E-state index in [-0.39, 0.29) is 5.60 Å². The first-order chi connectivity index (χ1) is 16.9. The van der Waals surface area contributed by atoms with Crippen molar-refractivity contribution in [2.75, 3.05) is 58.7 Å². The molecule has 1 aliphatic rings. The summed E-state index contributed by atoms with van der Waals surface area (Å²) in [6, 6.07) is 8.09. The third-order valence-corrected chi connectivity index (χ3v) is 6.87. The van der Waals surface area contributed by atoms with E-state index in [1.54, 1.807) is 0 Å². The fourth-order valence-corrected chi connectivity index (χ4v) is 4.84. The number of para-hydroxylation sites is 1. The van der Waals surface area contributed by atoms with E-state index in [0.717, 1.165) is 40.8 Å². The van der Waals surface area contributed by atoms with Crippen molar-refractivity contribution in [3.05, 3.63) is 30.1 Å². The predicted molar refractivity (Wildman–Crippen MR) is 143 cm³/mol. The van der Waals surface area contributed by atoms with Gasteiger partial charge in [0.1, 0.15) is 17.9 Å². The van der Waals surface area contributed by atoms with Crippen LogP contribution in [0.5, 0.6) is 0 Å². The van der Waals surface area contributed by atoms with E-state index in [1.807, 2.05) is 25.1 Å². The second-order valence-corrected chi connectivity index (χ2v) is 10.3. The fraction of sp³-hybridized carbons (Fsp3) is 0.630. The van der Waals surface area contributed by atoms with Crippen molar-refractivity contribution in [1.29, 1.82) is 0 Å². The summed E-state index contributed by atoms with van der Waals surface area (Å²) in [5.74, 6) is 1.31. The molecule has 1 aliphatic heterocycles. The molecule has 4 rings (SSSR count). The normalized spacial score (nSPS) is 16.0. The van der Waals surface area contributed by atoms with E-state index in [0.29, 0.717) is 25.6 Å². The Hall–Kier alpha value is -2.26. The van der Waals surface area contributed by atoms with Gasteiger partial charge in [-0.3, -0.25) is 0 Å². The minimum Gasteiger partial charge on any atom is -0.382 e. The number of anilines is 1. The van der Waals surface area contributed by atoms with Gasteiger partial charge >= 0.3 is 0 Å². The largest absolute Gasteiger partial charge is 0.382 e. The van der Waals surface area contributed by atoms with Crippen LogP contribution in [0.2, 0.25) is 0 Å². The standard InChI is InChI=1S/C27H42N6O2/c1-5-34-19-23-30-24-25(21-11-7-8-12-22(21)29-26(24)28)33(23)20-27(2,3)35-18-10-6-9-13-32-16-14-31(4)15-17-32/h7-8,11-12H,5-6,9-10,13-20H2,1-4H3,(H2,28,29). The molecule has 2 aromatic heterocycles. The van der Waals surface area contributed by atoms with E-state index in [4.69, 9.17) is 20.2 Å². The van der Waals surface area contributed by atoms with Crippen LogP contribution in [0.15, 0.2) is 24.3 Å². The number of benzene rings is 1. The second-order valence-electron chi connectivity index (χ2n) is 10.3. The Morgan fingerprint density at radius 1 is 1.03 bits per heavy atom. The van der Waals surface area contributed by atoms with Crippen molar-refractivity contribution in [3.63, 3.8) is 0 Å². The van der Waals surface area contributed by atoms with Crippen LogP contribution in [0.1, 0.15) is 45.9 Å². The number of hydrogen-bond acceptors (Lipinski definition) is 7. The van der Waals surface area contributed by atoms with Gasteiger partial charge in [0.05, 0.1) is 23.2 Å². The smallest absolute Gasteiger partial charge is 0.152 e. The van der Waals surface area contributed by atoms with Gasteiger partial charge in [0.2, 0.25) is 0 Å². The lowest BCUT2D eigenvalue weighted by Crippen LogP contribution is -2.44. The molecule has 3 aromatic rings. The van der Waals surface area contributed by atoms with Crippen LogP contribution in [-0.4, -0.2) is 82.9 Å². The Kier molecular flexibility index (Phi) is 8.59. The molecule has 2 N–H and O–H groups in total. The number of likely N-dealkylation sites (N-methyl/N-ethyl adjacent to an activating group) is 1. The number of pyridine rings is 1. The Balaban J connectivity index is 1.40. The molecule has 8 nitrogen and oxygen atoms in total. The number of rotatable bonds is 12. The highest BCUT2D eigenvalue weighted by atomic mass is 16.5. The van der Waals surface area contributed by atoms with Gasteiger partial charge in [0.25, 0.3) is 0 Å². The summed E-state index contributed by atoms with van der Waals surface area (Å²) in [6.07, 6.45) is 3.50. The zero-order valence-electron chi connectivity index (χ0n) is 21.9. The maximum atomic E-state index is 6.40. The molecule has 0 unspecified atom stereocenters. The number of unbranched alkanes of at least 4 members (excludes halogenated alkanes) is 2. The van der Waals surface area contributed by atoms with E-state index in [2.05, 4.69) is 46.3 Å². The van der Waals surface area contributed by atoms with E-state index in [9.17, 15) is 0 Å². The molecule has 0 bridgehead atoms. The van der Waals surface area contributed by atoms with Crippen LogP contribution in [0.4, 0.5) is 5.82 Å². The molecule has 35 heavy (non-hydrogen) atoms. The highest BCUT2D eigenvalue weighted by Crippen LogP contribution is 2.30. The summed E-state index contributed by atoms with van der Waals surface area (Å²) >= 11 is 0. The first kappa shape index (κ1) is 25.8. The van der Waals surface area contributed by atoms with Gasteiger partial charge < -0.3 is 29.6 Å². The number of nitrogens with two attached hydrogens (primary N) is 1. The van der Waals surface area contributed by atoms with Gasteiger partial charge in [-0.15, -0.1) is 0 Å². The number of aromatic nitrogens is 3. The summed E-state index contributed by atoms with van der Waals surface area (Å²) in [5, 5.41) is 1.05. The molecule has 0 atom stereocenters. The van der Waals surface area contributed by atoms with Crippen molar-refractivity contribution >= 4 is 27.8 Å². The van der Waals surface area contributed by atoms with Crippen molar-refractivity contribution in [1.82, 2.24) is 24.3 Å². The topological polar surface area (TPSA) is 81.7 Å². The van der Waals surface area contributed by atoms with Gasteiger partial charge in [0.15, 0.2) is 5.82 Å². The molecular formula is C27H42N6O2. The zero-order valence-corrected chi connectivity index (χ0v) is 21.9. The highest BCUT2D eigenvalue weighted by Gasteiger charge is 2.25. The van der Waals surface area contributed by atoms with Crippen molar-refractivity contribution in [2.24, 2.45) is 0 Å². The van der Waals surface area contributed by atoms with Gasteiger partial charge in [-0.05, 0) is 59.7 Å². The quantitative estimate of drug-likeness (QED) is 0.392. The third-order valence-electron chi connectivity index (χ3n) is 6.87. The number of hydrogen-bond donors (Lipinski definition) is 1. The summed E-state index contributed by atoms with van der Waals surface area (Å²) in [5.41, 5.74) is 8.58. The fourth-order valence-electron chi connectivity index (χ4n) is 4.84. The average molecular weight is 483 g/mol. The maximum absolute atomic E-state index is 6.40. The van der Waals surface area contributed by atoms with E-state index >= 15 is 0 Å². The van der Waals surface area contributed by atoms with Crippen LogP contribution in [0.25, 0.3) is 21.9 Å². The molecule has 3 heterocycles. The number of nitrogen functional groups attached to an aromatic ring is 1. The molecule has 1 fully saturated rings. The highest BCUT2D eigenvalue weighted by molar-refractivity contribution is 6.06. The minimum atomic E-state index is -0.356. The number of piperazine rings is 1. The number of fused-ring (bicyclic) bond motifs is 3. The Morgan fingerprint density at radius 3 is 2.57 bits per heavy atom. The molecule has 1 aromatic carbocycles. The van der Waals surface area contributed by atoms with Gasteiger partial charge in [0, 0.05) is 44.8 Å². The number of imidazole rings is 1. The van der Waals surface area contributed by atoms with Crippen molar-refractivity contribution in [2.45, 2.75) is 58.8 Å². The maximum Gasteiger partial charge on any atom is 0.152 e. The molecule has 0 spiro atoms. The van der Waals surface area contributed by atoms with Crippen LogP contribution in [0, 0.1) is 0 Å². The third kappa shape index (κ3) is 6.50. The Bertz CT molecular complexity index is 1100. The minimum absolute atomic E-state index is 0.356. The lowest BCUT2D eigenvalue weighted by Gasteiger charge is -2.32. The molecule has 0 aliphatic carbocycles. The van der Waals surface area contributed by atoms with Crippen LogP contribution < -0.4 is 5.73 Å². The van der Waals surface area contributed by atoms with Crippen LogP contribution in [-0.2, 0) is 22.6 Å². The number of nitrogens with zero attached hydrogens (tertiary/aromatic N) is 5. The van der Waals surface area contributed by atoms with Gasteiger partial charge in [-0.1, -0.05) is 18.2 Å². The summed E-state index contributed by atoms with van der Waals surface area (Å²) < 4.78 is 14.4. The lowest BCUT2D eigenvalue weighted by molar-refractivity contribution is -0.0317. The van der Waals surface area contributed by atoms with Crippen molar-refractivity contribution in [3.8, 4) is 0 Å². The first-order valence-corrected chi connectivity index (χ1v) is 13.0. The lowest BCUT2D eigenvalue weighted by atomic mass is 10.1. The summed E-state index contributed by atoms with van der Waals surface area (Å²) in [4.78, 5) is 14.4. The second kappa shape index (κ2) is 11.6. The molecule has 0 radical (unpaired) electrons. The first-order valence-electron chi connectivity index (χ1n) is 13.0. The average Bonchev–Trinajstić information content (AvgIpc) is 3.19. The molecule has 8 heteroatoms. The SMILES string of the molecule is CCOCc1nc2c(N)nc3ccccc3c2n1CC(C)(C)OCCCCCN1CCN(C)CC1. The summed E-state index contributed by atoms with van der Waals surface area (Å²) in [7, 11) is 2.21. The molecule has 0 saturated carbocycles. The predicted octanol–water partition coefficient (Wildman–Crippen LogP) is 3.92. The summed E-state index contributed by atoms with van der Waals surface area (Å²) in [6.45, 7) is 14.7. The van der Waals surface area contributed by atoms with E-state index in [1.165, 1.54) is 45.6 Å². The van der Waals surface area contributed by atoms with Gasteiger partial charge in [-0.25, -0.2) is 9.97 Å². The molecule has 192 valence electrons. The Labute approximate surface area is 209 Å². The molecule has 1 saturated heterocycles. The van der Waals surface area contributed by atoms with Crippen molar-refractivity contribution < 1.29 is 9.47 Å². The van der Waals surface area contributed by atoms with Crippen LogP contribution >= 0.6 is 0 Å². The number of ether oxygens (including phenoxy) is 2. The molecule has 0 amide bonds. The van der Waals surface area contributed by atoms with E-state index < -0.39 is 0 Å². The zero-order chi connectivity index (χ0) is 24.8. The Morgan fingerprint density at radius 2 is 1.80 bits per heavy atom. The molecular weight excluding hydrogens is 440 g/mol. The van der Waals surface area contributed by atoms with Crippen LogP contribution in [0.3, 0.4) is 0 Å². The monoisotopic (exact) mass is 482 g/mol.